The highest BCUT2D eigenvalue weighted by Crippen LogP contribution is 2.37. The second-order valence-corrected chi connectivity index (χ2v) is 11.9. The Kier molecular flexibility index (Phi) is 6.80. The Morgan fingerprint density at radius 3 is 1.94 bits per heavy atom. The molecule has 0 aliphatic heterocycles. The minimum Gasteiger partial charge on any atom is -0.366 e. The molecule has 0 saturated heterocycles. The maximum Gasteiger partial charge on any atom is 0.250 e. The number of hydrogen-bond acceptors (Lipinski definition) is 6. The molecule has 0 atom stereocenters. The molecule has 1 amide bonds. The zero-order chi connectivity index (χ0) is 24.6. The molecule has 0 radical (unpaired) electrons. The highest BCUT2D eigenvalue weighted by molar-refractivity contribution is 7.94. The molecule has 0 fully saturated rings. The van der Waals surface area contributed by atoms with Gasteiger partial charge in [-0.05, 0) is 31.9 Å². The minimum absolute atomic E-state index is 0.178. The highest BCUT2D eigenvalue weighted by Gasteiger charge is 2.38. The van der Waals surface area contributed by atoms with Crippen LogP contribution in [0.2, 0.25) is 0 Å². The van der Waals surface area contributed by atoms with Crippen molar-refractivity contribution in [3.05, 3.63) is 65.0 Å². The number of ketones is 1. The molecule has 176 valence electrons. The number of benzene rings is 1. The lowest BCUT2D eigenvalue weighted by molar-refractivity contribution is 0.0997. The molecule has 8 nitrogen and oxygen atoms in total. The number of sulfone groups is 2. The number of carbonyl (C=O) groups is 2. The summed E-state index contributed by atoms with van der Waals surface area (Å²) in [5.74, 6) is -2.32. The van der Waals surface area contributed by atoms with Gasteiger partial charge < -0.3 is 10.1 Å². The van der Waals surface area contributed by atoms with Crippen molar-refractivity contribution < 1.29 is 26.4 Å². The van der Waals surface area contributed by atoms with E-state index in [0.29, 0.717) is 0 Å². The van der Waals surface area contributed by atoms with Crippen molar-refractivity contribution in [2.45, 2.75) is 43.4 Å². The van der Waals surface area contributed by atoms with Crippen LogP contribution in [0.25, 0.3) is 5.52 Å². The number of pyridine rings is 1. The van der Waals surface area contributed by atoms with Gasteiger partial charge >= 0.3 is 0 Å². The standard InChI is InChI=1S/C23H26N2O6S2/c1-4-13-32(28,29)21-18-17(23(24)27)7-6-12-25(18)19(22(21)33(30,31)14-5-2)20(26)16-10-8-15(3)9-11-16/h6-12H,4-5,13-14H2,1-3H3,(H2,24,27). The van der Waals surface area contributed by atoms with E-state index in [2.05, 4.69) is 0 Å². The quantitative estimate of drug-likeness (QED) is 0.459. The summed E-state index contributed by atoms with van der Waals surface area (Å²) in [7, 11) is -8.40. The van der Waals surface area contributed by atoms with Gasteiger partial charge in [-0.15, -0.1) is 0 Å². The van der Waals surface area contributed by atoms with Gasteiger partial charge in [0, 0.05) is 11.8 Å². The lowest BCUT2D eigenvalue weighted by atomic mass is 10.1. The first-order valence-corrected chi connectivity index (χ1v) is 13.8. The second-order valence-electron chi connectivity index (χ2n) is 7.84. The van der Waals surface area contributed by atoms with Crippen molar-refractivity contribution in [1.82, 2.24) is 4.40 Å². The van der Waals surface area contributed by atoms with Crippen LogP contribution >= 0.6 is 0 Å². The molecule has 33 heavy (non-hydrogen) atoms. The fourth-order valence-corrected chi connectivity index (χ4v) is 7.81. The smallest absolute Gasteiger partial charge is 0.250 e. The molecule has 0 spiro atoms. The Morgan fingerprint density at radius 1 is 0.879 bits per heavy atom. The largest absolute Gasteiger partial charge is 0.366 e. The van der Waals surface area contributed by atoms with Gasteiger partial charge in [0.05, 0.1) is 22.6 Å². The fourth-order valence-electron chi connectivity index (χ4n) is 3.82. The molecule has 0 saturated carbocycles. The second kappa shape index (κ2) is 9.11. The predicted molar refractivity (Wildman–Crippen MR) is 125 cm³/mol. The number of amides is 1. The van der Waals surface area contributed by atoms with E-state index in [-0.39, 0.29) is 46.7 Å². The van der Waals surface area contributed by atoms with E-state index in [4.69, 9.17) is 5.73 Å². The lowest BCUT2D eigenvalue weighted by Gasteiger charge is -2.09. The molecule has 0 bridgehead atoms. The van der Waals surface area contributed by atoms with E-state index in [1.165, 1.54) is 22.7 Å². The molecule has 0 aliphatic rings. The summed E-state index contributed by atoms with van der Waals surface area (Å²) in [5.41, 5.74) is 5.91. The highest BCUT2D eigenvalue weighted by atomic mass is 32.2. The number of nitrogens with two attached hydrogens (primary N) is 1. The van der Waals surface area contributed by atoms with E-state index in [9.17, 15) is 26.4 Å². The van der Waals surface area contributed by atoms with Crippen molar-refractivity contribution in [2.24, 2.45) is 5.73 Å². The number of aromatic nitrogens is 1. The third kappa shape index (κ3) is 4.45. The summed E-state index contributed by atoms with van der Waals surface area (Å²) in [6.07, 6.45) is 1.80. The van der Waals surface area contributed by atoms with Crippen LogP contribution in [0.15, 0.2) is 52.4 Å². The molecule has 10 heteroatoms. The van der Waals surface area contributed by atoms with Crippen molar-refractivity contribution in [3.63, 3.8) is 0 Å². The van der Waals surface area contributed by atoms with Gasteiger partial charge in [-0.25, -0.2) is 16.8 Å². The summed E-state index contributed by atoms with van der Waals surface area (Å²) in [4.78, 5) is 24.7. The first-order valence-electron chi connectivity index (χ1n) is 10.5. The van der Waals surface area contributed by atoms with E-state index in [1.54, 1.807) is 38.1 Å². The summed E-state index contributed by atoms with van der Waals surface area (Å²) >= 11 is 0. The number of aryl methyl sites for hydroxylation is 1. The number of primary amides is 1. The molecular formula is C23H26N2O6S2. The topological polar surface area (TPSA) is 133 Å². The van der Waals surface area contributed by atoms with Gasteiger partial charge in [0.25, 0.3) is 5.91 Å². The van der Waals surface area contributed by atoms with Gasteiger partial charge in [-0.1, -0.05) is 43.7 Å². The van der Waals surface area contributed by atoms with Crippen LogP contribution in [0, 0.1) is 6.92 Å². The van der Waals surface area contributed by atoms with Crippen LogP contribution in [-0.4, -0.2) is 44.4 Å². The Hall–Kier alpha value is -2.98. The lowest BCUT2D eigenvalue weighted by Crippen LogP contribution is -2.17. The third-order valence-corrected chi connectivity index (χ3v) is 9.29. The molecule has 0 unspecified atom stereocenters. The van der Waals surface area contributed by atoms with Crippen LogP contribution in [0.1, 0.15) is 58.7 Å². The molecule has 0 aliphatic carbocycles. The Bertz CT molecular complexity index is 1450. The van der Waals surface area contributed by atoms with E-state index < -0.39 is 41.2 Å². The summed E-state index contributed by atoms with van der Waals surface area (Å²) in [6.45, 7) is 5.12. The molecule has 3 rings (SSSR count). The molecule has 3 aromatic rings. The van der Waals surface area contributed by atoms with Crippen LogP contribution in [0.4, 0.5) is 0 Å². The number of nitrogens with zero attached hydrogens (tertiary/aromatic N) is 1. The Balaban J connectivity index is 2.61. The summed E-state index contributed by atoms with van der Waals surface area (Å²) in [5, 5.41) is 0. The SMILES string of the molecule is CCCS(=O)(=O)c1c(S(=O)(=O)CCC)c2c(C(N)=O)cccn2c1C(=O)c1ccc(C)cc1. The van der Waals surface area contributed by atoms with Gasteiger partial charge in [0.2, 0.25) is 5.78 Å². The van der Waals surface area contributed by atoms with Crippen LogP contribution in [0.3, 0.4) is 0 Å². The van der Waals surface area contributed by atoms with Crippen molar-refractivity contribution in [1.29, 1.82) is 0 Å². The zero-order valence-electron chi connectivity index (χ0n) is 18.7. The van der Waals surface area contributed by atoms with Gasteiger partial charge in [0.15, 0.2) is 19.7 Å². The average Bonchev–Trinajstić information content (AvgIpc) is 3.10. The van der Waals surface area contributed by atoms with Crippen LogP contribution < -0.4 is 5.73 Å². The third-order valence-electron chi connectivity index (χ3n) is 5.23. The molecule has 2 heterocycles. The van der Waals surface area contributed by atoms with Crippen molar-refractivity contribution in [3.8, 4) is 0 Å². The summed E-state index contributed by atoms with van der Waals surface area (Å²) < 4.78 is 54.7. The maximum atomic E-state index is 13.6. The fraction of sp³-hybridized carbons (Fsp3) is 0.304. The minimum atomic E-state index is -4.21. The first kappa shape index (κ1) is 24.7. The number of hydrogen-bond donors (Lipinski definition) is 1. The van der Waals surface area contributed by atoms with E-state index >= 15 is 0 Å². The Morgan fingerprint density at radius 2 is 1.42 bits per heavy atom. The van der Waals surface area contributed by atoms with Crippen LogP contribution in [0.5, 0.6) is 0 Å². The number of fused-ring (bicyclic) bond motifs is 1. The maximum absolute atomic E-state index is 13.6. The molecule has 1 aromatic carbocycles. The number of carbonyl (C=O) groups excluding carboxylic acids is 2. The summed E-state index contributed by atoms with van der Waals surface area (Å²) in [6, 6.07) is 9.24. The molecule has 2 aromatic heterocycles. The van der Waals surface area contributed by atoms with Gasteiger partial charge in [0.1, 0.15) is 15.5 Å². The molecule has 2 N–H and O–H groups in total. The normalized spacial score (nSPS) is 12.2. The van der Waals surface area contributed by atoms with Crippen LogP contribution in [-0.2, 0) is 19.7 Å². The zero-order valence-corrected chi connectivity index (χ0v) is 20.3. The van der Waals surface area contributed by atoms with E-state index in [1.807, 2.05) is 6.92 Å². The van der Waals surface area contributed by atoms with Crippen molar-refractivity contribution in [2.75, 3.05) is 11.5 Å². The molecular weight excluding hydrogens is 464 g/mol. The first-order chi connectivity index (χ1) is 15.5. The van der Waals surface area contributed by atoms with Crippen molar-refractivity contribution >= 4 is 36.9 Å². The predicted octanol–water partition coefficient (Wildman–Crippen LogP) is 2.95. The number of rotatable bonds is 9. The monoisotopic (exact) mass is 490 g/mol. The van der Waals surface area contributed by atoms with Gasteiger partial charge in [-0.2, -0.15) is 0 Å². The Labute approximate surface area is 193 Å². The van der Waals surface area contributed by atoms with Gasteiger partial charge in [-0.3, -0.25) is 9.59 Å². The average molecular weight is 491 g/mol. The van der Waals surface area contributed by atoms with E-state index in [0.717, 1.165) is 5.56 Å².